The number of non-ortho nitro benzene ring substituents is 1. The normalized spacial score (nSPS) is 18.3. The highest BCUT2D eigenvalue weighted by Crippen LogP contribution is 2.42. The number of nitro benzene ring substituents is 1. The monoisotopic (exact) mass is 684 g/mol. The molecule has 2 atom stereocenters. The number of phenols is 1. The number of aliphatic imine (C=N–C) groups is 1. The lowest BCUT2D eigenvalue weighted by Crippen LogP contribution is -2.37. The highest BCUT2D eigenvalue weighted by Gasteiger charge is 2.43. The number of benzene rings is 2. The van der Waals surface area contributed by atoms with Crippen LogP contribution in [0.2, 0.25) is 0 Å². The predicted octanol–water partition coefficient (Wildman–Crippen LogP) is 4.22. The van der Waals surface area contributed by atoms with Crippen molar-refractivity contribution >= 4 is 35.1 Å². The molecule has 1 fully saturated rings. The van der Waals surface area contributed by atoms with Gasteiger partial charge in [-0.05, 0) is 38.5 Å². The number of morpholine rings is 1. The van der Waals surface area contributed by atoms with Crippen molar-refractivity contribution in [2.75, 3.05) is 64.7 Å². The van der Waals surface area contributed by atoms with Crippen LogP contribution in [0.5, 0.6) is 11.5 Å². The van der Waals surface area contributed by atoms with Crippen molar-refractivity contribution in [2.45, 2.75) is 39.8 Å². The summed E-state index contributed by atoms with van der Waals surface area (Å²) in [7, 11) is 1.60. The van der Waals surface area contributed by atoms with Gasteiger partial charge in [0.2, 0.25) is 0 Å². The van der Waals surface area contributed by atoms with Gasteiger partial charge in [-0.25, -0.2) is 4.79 Å². The van der Waals surface area contributed by atoms with E-state index in [0.29, 0.717) is 67.1 Å². The SMILES string of the molecule is CCOC(=O)C1=C(CSCCNCc2cc(OC)cc(CN3CCOCC3)c2O)N=C(C)C(C(=O)OCC)C1c1cccc([N+](=O)[O-])c1. The van der Waals surface area contributed by atoms with Crippen LogP contribution in [-0.4, -0.2) is 97.3 Å². The van der Waals surface area contributed by atoms with E-state index in [1.807, 2.05) is 12.1 Å². The number of carbonyl (C=O) groups excluding carboxylic acids is 2. The second-order valence-electron chi connectivity index (χ2n) is 11.3. The molecule has 2 aliphatic heterocycles. The Morgan fingerprint density at radius 1 is 1.15 bits per heavy atom. The van der Waals surface area contributed by atoms with Crippen molar-refractivity contribution in [2.24, 2.45) is 10.9 Å². The lowest BCUT2D eigenvalue weighted by Gasteiger charge is -2.32. The third kappa shape index (κ3) is 9.34. The number of rotatable bonds is 16. The van der Waals surface area contributed by atoms with E-state index in [1.165, 1.54) is 30.0 Å². The first-order chi connectivity index (χ1) is 23.2. The topological polar surface area (TPSA) is 162 Å². The largest absolute Gasteiger partial charge is 0.507 e. The zero-order valence-corrected chi connectivity index (χ0v) is 28.7. The van der Waals surface area contributed by atoms with Crippen LogP contribution in [0.4, 0.5) is 5.69 Å². The number of ether oxygens (including phenoxy) is 4. The van der Waals surface area contributed by atoms with Crippen molar-refractivity contribution < 1.29 is 38.6 Å². The first kappa shape index (κ1) is 36.8. The van der Waals surface area contributed by atoms with Crippen molar-refractivity contribution in [3.8, 4) is 11.5 Å². The van der Waals surface area contributed by atoms with Gasteiger partial charge in [-0.2, -0.15) is 11.8 Å². The Morgan fingerprint density at radius 2 is 1.88 bits per heavy atom. The van der Waals surface area contributed by atoms with E-state index in [9.17, 15) is 24.8 Å². The summed E-state index contributed by atoms with van der Waals surface area (Å²) in [5, 5.41) is 26.0. The fourth-order valence-electron chi connectivity index (χ4n) is 5.86. The maximum atomic E-state index is 13.5. The summed E-state index contributed by atoms with van der Waals surface area (Å²) >= 11 is 1.53. The van der Waals surface area contributed by atoms with E-state index in [1.54, 1.807) is 33.9 Å². The Bertz CT molecular complexity index is 1520. The third-order valence-electron chi connectivity index (χ3n) is 8.14. The molecule has 2 aromatic carbocycles. The number of methoxy groups -OCH3 is 1. The summed E-state index contributed by atoms with van der Waals surface area (Å²) in [5.74, 6) is -1.14. The minimum absolute atomic E-state index is 0.104. The fourth-order valence-corrected chi connectivity index (χ4v) is 6.71. The average Bonchev–Trinajstić information content (AvgIpc) is 3.08. The minimum atomic E-state index is -0.953. The number of thioether (sulfide) groups is 1. The third-order valence-corrected chi connectivity index (χ3v) is 9.12. The summed E-state index contributed by atoms with van der Waals surface area (Å²) < 4.78 is 21.7. The lowest BCUT2D eigenvalue weighted by molar-refractivity contribution is -0.384. The van der Waals surface area contributed by atoms with Gasteiger partial charge < -0.3 is 29.4 Å². The highest BCUT2D eigenvalue weighted by atomic mass is 32.2. The molecule has 0 aliphatic carbocycles. The van der Waals surface area contributed by atoms with Crippen molar-refractivity contribution in [3.63, 3.8) is 0 Å². The minimum Gasteiger partial charge on any atom is -0.507 e. The van der Waals surface area contributed by atoms with Crippen LogP contribution in [0.3, 0.4) is 0 Å². The van der Waals surface area contributed by atoms with Crippen molar-refractivity contribution in [3.05, 3.63) is 74.5 Å². The Labute approximate surface area is 284 Å². The number of esters is 2. The van der Waals surface area contributed by atoms with Gasteiger partial charge in [0.1, 0.15) is 17.4 Å². The molecule has 0 bridgehead atoms. The molecule has 4 rings (SSSR count). The molecule has 2 N–H and O–H groups in total. The van der Waals surface area contributed by atoms with E-state index in [2.05, 4.69) is 10.2 Å². The van der Waals surface area contributed by atoms with Gasteiger partial charge >= 0.3 is 11.9 Å². The first-order valence-corrected chi connectivity index (χ1v) is 17.2. The van der Waals surface area contributed by atoms with Gasteiger partial charge in [0, 0.05) is 79.1 Å². The number of nitrogens with one attached hydrogen (secondary N) is 1. The molecule has 0 spiro atoms. The molecule has 0 saturated carbocycles. The second kappa shape index (κ2) is 18.0. The van der Waals surface area contributed by atoms with E-state index < -0.39 is 28.7 Å². The smallest absolute Gasteiger partial charge is 0.336 e. The Balaban J connectivity index is 1.49. The number of hydrogen-bond acceptors (Lipinski definition) is 13. The Morgan fingerprint density at radius 3 is 2.56 bits per heavy atom. The zero-order chi connectivity index (χ0) is 34.6. The molecule has 0 amide bonds. The molecule has 2 aliphatic rings. The van der Waals surface area contributed by atoms with Crippen LogP contribution in [0.15, 0.2) is 52.7 Å². The molecule has 13 nitrogen and oxygen atoms in total. The van der Waals surface area contributed by atoms with Crippen LogP contribution in [0.1, 0.15) is 43.4 Å². The zero-order valence-electron chi connectivity index (χ0n) is 27.9. The molecule has 0 aromatic heterocycles. The number of nitrogens with zero attached hydrogens (tertiary/aromatic N) is 3. The first-order valence-electron chi connectivity index (χ1n) is 16.0. The van der Waals surface area contributed by atoms with Crippen LogP contribution in [0.25, 0.3) is 0 Å². The van der Waals surface area contributed by atoms with Gasteiger partial charge in [-0.3, -0.25) is 24.8 Å². The predicted molar refractivity (Wildman–Crippen MR) is 183 cm³/mol. The van der Waals surface area contributed by atoms with E-state index in [0.717, 1.165) is 24.2 Å². The van der Waals surface area contributed by atoms with E-state index in [4.69, 9.17) is 23.9 Å². The Hall–Kier alpha value is -3.98. The van der Waals surface area contributed by atoms with Gasteiger partial charge in [0.15, 0.2) is 0 Å². The summed E-state index contributed by atoms with van der Waals surface area (Å²) in [6, 6.07) is 9.62. The summed E-state index contributed by atoms with van der Waals surface area (Å²) in [6.45, 7) is 9.85. The standard InChI is InChI=1S/C34H44N4O9S/c1-5-46-33(40)29-22(3)36-28(31(34(41)47-6-2)30(29)23-8-7-9-26(16-23)38(42)43)21-48-15-10-35-19-24-17-27(44-4)18-25(32(24)39)20-37-11-13-45-14-12-37/h7-9,16-18,29-30,35,39H,5-6,10-15,19-21H2,1-4H3. The van der Waals surface area contributed by atoms with Crippen LogP contribution < -0.4 is 10.1 Å². The molecule has 48 heavy (non-hydrogen) atoms. The maximum absolute atomic E-state index is 13.5. The van der Waals surface area contributed by atoms with E-state index in [-0.39, 0.29) is 30.2 Å². The molecule has 14 heteroatoms. The molecule has 0 radical (unpaired) electrons. The van der Waals surface area contributed by atoms with Gasteiger partial charge in [0.25, 0.3) is 5.69 Å². The summed E-state index contributed by atoms with van der Waals surface area (Å²) in [6.07, 6.45) is 0. The van der Waals surface area contributed by atoms with Gasteiger partial charge in [-0.15, -0.1) is 0 Å². The number of phenolic OH excluding ortho intramolecular Hbond substituents is 1. The number of aromatic hydroxyl groups is 1. The van der Waals surface area contributed by atoms with Crippen molar-refractivity contribution in [1.82, 2.24) is 10.2 Å². The maximum Gasteiger partial charge on any atom is 0.336 e. The molecule has 2 unspecified atom stereocenters. The summed E-state index contributed by atoms with van der Waals surface area (Å²) in [4.78, 5) is 44.7. The van der Waals surface area contributed by atoms with Crippen LogP contribution in [-0.2, 0) is 36.9 Å². The molecule has 1 saturated heterocycles. The van der Waals surface area contributed by atoms with Crippen LogP contribution >= 0.6 is 11.8 Å². The van der Waals surface area contributed by atoms with Gasteiger partial charge in [-0.1, -0.05) is 12.1 Å². The van der Waals surface area contributed by atoms with Crippen LogP contribution in [0, 0.1) is 16.0 Å². The highest BCUT2D eigenvalue weighted by molar-refractivity contribution is 7.99. The molecule has 2 aromatic rings. The molecule has 2 heterocycles. The molecule has 260 valence electrons. The summed E-state index contributed by atoms with van der Waals surface area (Å²) in [5.41, 5.74) is 2.89. The van der Waals surface area contributed by atoms with E-state index >= 15 is 0 Å². The lowest BCUT2D eigenvalue weighted by atomic mass is 9.75. The Kier molecular flexibility index (Phi) is 13.8. The average molecular weight is 685 g/mol. The second-order valence-corrected chi connectivity index (χ2v) is 12.4. The number of carbonyl (C=O) groups is 2. The molecular weight excluding hydrogens is 640 g/mol. The number of hydrogen-bond donors (Lipinski definition) is 2. The number of nitro groups is 1. The van der Waals surface area contributed by atoms with Gasteiger partial charge in [0.05, 0.1) is 49.7 Å². The molecular formula is C34H44N4O9S. The quantitative estimate of drug-likeness (QED) is 0.112. The van der Waals surface area contributed by atoms with Crippen molar-refractivity contribution in [1.29, 1.82) is 0 Å². The fraction of sp³-hybridized carbons (Fsp3) is 0.500.